The number of hydroxylamine groups is 1. The Morgan fingerprint density at radius 3 is 2.78 bits per heavy atom. The van der Waals surface area contributed by atoms with E-state index in [0.717, 1.165) is 5.57 Å². The molecule has 1 unspecified atom stereocenters. The topological polar surface area (TPSA) is 21.3 Å². The van der Waals surface area contributed by atoms with Crippen molar-refractivity contribution < 1.29 is 4.84 Å². The number of halogens is 1. The van der Waals surface area contributed by atoms with Gasteiger partial charge in [0.25, 0.3) is 0 Å². The van der Waals surface area contributed by atoms with Crippen LogP contribution in [0.15, 0.2) is 12.2 Å². The fourth-order valence-corrected chi connectivity index (χ4v) is 0.343. The molecular formula is C6H12ClNO. The Bertz CT molecular complexity index is 93.1. The summed E-state index contributed by atoms with van der Waals surface area (Å²) in [6.45, 7) is 7.84. The van der Waals surface area contributed by atoms with Gasteiger partial charge in [-0.05, 0) is 13.8 Å². The molecule has 0 fully saturated rings. The second-order valence-corrected chi connectivity index (χ2v) is 2.63. The minimum atomic E-state index is -0.149. The molecule has 3 heteroatoms. The summed E-state index contributed by atoms with van der Waals surface area (Å²) in [5.41, 5.74) is 3.40. The highest BCUT2D eigenvalue weighted by molar-refractivity contribution is 6.19. The van der Waals surface area contributed by atoms with E-state index in [-0.39, 0.29) is 5.50 Å². The number of hydrogen-bond acceptors (Lipinski definition) is 2. The van der Waals surface area contributed by atoms with E-state index in [0.29, 0.717) is 6.61 Å². The van der Waals surface area contributed by atoms with Gasteiger partial charge in [-0.2, -0.15) is 5.48 Å². The summed E-state index contributed by atoms with van der Waals surface area (Å²) < 4.78 is 0. The van der Waals surface area contributed by atoms with Crippen molar-refractivity contribution in [2.75, 3.05) is 6.61 Å². The first-order valence-corrected chi connectivity index (χ1v) is 3.22. The number of rotatable bonds is 4. The van der Waals surface area contributed by atoms with Gasteiger partial charge in [-0.15, -0.1) is 11.6 Å². The van der Waals surface area contributed by atoms with Gasteiger partial charge in [-0.1, -0.05) is 12.2 Å². The van der Waals surface area contributed by atoms with Crippen LogP contribution in [0, 0.1) is 0 Å². The molecule has 0 saturated carbocycles. The molecule has 0 amide bonds. The van der Waals surface area contributed by atoms with Crippen molar-refractivity contribution in [3.8, 4) is 0 Å². The highest BCUT2D eigenvalue weighted by atomic mass is 35.5. The van der Waals surface area contributed by atoms with E-state index in [1.807, 2.05) is 6.92 Å². The Hall–Kier alpha value is -0.0500. The van der Waals surface area contributed by atoms with Crippen molar-refractivity contribution in [2.24, 2.45) is 0 Å². The number of nitrogens with one attached hydrogen (secondary N) is 1. The Morgan fingerprint density at radius 1 is 1.89 bits per heavy atom. The number of hydrogen-bond donors (Lipinski definition) is 1. The van der Waals surface area contributed by atoms with Crippen LogP contribution in [0.5, 0.6) is 0 Å². The van der Waals surface area contributed by atoms with Crippen molar-refractivity contribution in [1.82, 2.24) is 5.48 Å². The largest absolute Gasteiger partial charge is 0.296 e. The molecule has 0 aliphatic heterocycles. The highest BCUT2D eigenvalue weighted by Gasteiger charge is 1.91. The van der Waals surface area contributed by atoms with Crippen molar-refractivity contribution >= 4 is 11.6 Å². The summed E-state index contributed by atoms with van der Waals surface area (Å²) in [5.74, 6) is 0. The van der Waals surface area contributed by atoms with Gasteiger partial charge in [0.2, 0.25) is 0 Å². The van der Waals surface area contributed by atoms with Crippen LogP contribution >= 0.6 is 11.6 Å². The Kier molecular flexibility index (Phi) is 4.77. The van der Waals surface area contributed by atoms with Crippen LogP contribution in [0.25, 0.3) is 0 Å². The lowest BCUT2D eigenvalue weighted by Gasteiger charge is -2.05. The molecule has 1 N–H and O–H groups in total. The van der Waals surface area contributed by atoms with Crippen molar-refractivity contribution in [3.05, 3.63) is 12.2 Å². The third kappa shape index (κ3) is 7.95. The molecule has 0 aromatic rings. The molecule has 0 bridgehead atoms. The predicted molar refractivity (Wildman–Crippen MR) is 39.2 cm³/mol. The summed E-state index contributed by atoms with van der Waals surface area (Å²) in [6, 6.07) is 0. The molecule has 0 rings (SSSR count). The second kappa shape index (κ2) is 4.79. The van der Waals surface area contributed by atoms with Crippen LogP contribution < -0.4 is 5.48 Å². The molecule has 0 spiro atoms. The molecule has 0 radical (unpaired) electrons. The molecule has 0 heterocycles. The molecule has 0 aliphatic rings. The maximum atomic E-state index is 5.50. The summed E-state index contributed by atoms with van der Waals surface area (Å²) in [5, 5.41) is 0. The van der Waals surface area contributed by atoms with E-state index >= 15 is 0 Å². The molecule has 0 saturated heterocycles. The van der Waals surface area contributed by atoms with E-state index in [9.17, 15) is 0 Å². The molecule has 2 nitrogen and oxygen atoms in total. The third-order valence-corrected chi connectivity index (χ3v) is 0.653. The molecule has 9 heavy (non-hydrogen) atoms. The van der Waals surface area contributed by atoms with Crippen LogP contribution in [0.3, 0.4) is 0 Å². The Morgan fingerprint density at radius 2 is 2.44 bits per heavy atom. The van der Waals surface area contributed by atoms with Gasteiger partial charge in [0.05, 0.1) is 6.61 Å². The Balaban J connectivity index is 3.01. The lowest BCUT2D eigenvalue weighted by atomic mass is 10.4. The lowest BCUT2D eigenvalue weighted by molar-refractivity contribution is 0.0530. The van der Waals surface area contributed by atoms with Gasteiger partial charge >= 0.3 is 0 Å². The fraction of sp³-hybridized carbons (Fsp3) is 0.667. The van der Waals surface area contributed by atoms with Gasteiger partial charge in [0, 0.05) is 0 Å². The monoisotopic (exact) mass is 149 g/mol. The zero-order chi connectivity index (χ0) is 7.28. The van der Waals surface area contributed by atoms with E-state index in [4.69, 9.17) is 16.4 Å². The average Bonchev–Trinajstić information content (AvgIpc) is 1.63. The van der Waals surface area contributed by atoms with Gasteiger partial charge < -0.3 is 0 Å². The standard InChI is InChI=1S/C6H12ClNO/c1-5(2)4-9-8-6(3)7/h6,8H,1,4H2,2-3H3. The minimum Gasteiger partial charge on any atom is -0.296 e. The summed E-state index contributed by atoms with van der Waals surface area (Å²) in [6.07, 6.45) is 0. The van der Waals surface area contributed by atoms with Crippen LogP contribution in [0.4, 0.5) is 0 Å². The van der Waals surface area contributed by atoms with Crippen LogP contribution in [-0.2, 0) is 4.84 Å². The van der Waals surface area contributed by atoms with Crippen LogP contribution in [-0.4, -0.2) is 12.1 Å². The first-order chi connectivity index (χ1) is 4.13. The molecule has 54 valence electrons. The van der Waals surface area contributed by atoms with Crippen LogP contribution in [0.1, 0.15) is 13.8 Å². The number of alkyl halides is 1. The first-order valence-electron chi connectivity index (χ1n) is 2.78. The zero-order valence-corrected chi connectivity index (χ0v) is 6.53. The molecular weight excluding hydrogens is 138 g/mol. The van der Waals surface area contributed by atoms with E-state index in [1.54, 1.807) is 6.92 Å². The lowest BCUT2D eigenvalue weighted by Crippen LogP contribution is -2.21. The van der Waals surface area contributed by atoms with Crippen molar-refractivity contribution in [2.45, 2.75) is 19.3 Å². The van der Waals surface area contributed by atoms with Crippen molar-refractivity contribution in [3.63, 3.8) is 0 Å². The quantitative estimate of drug-likeness (QED) is 0.284. The van der Waals surface area contributed by atoms with Gasteiger partial charge in [-0.25, -0.2) is 0 Å². The molecule has 0 aliphatic carbocycles. The zero-order valence-electron chi connectivity index (χ0n) is 5.78. The fourth-order valence-electron chi connectivity index (χ4n) is 0.280. The summed E-state index contributed by atoms with van der Waals surface area (Å²) in [4.78, 5) is 4.88. The second-order valence-electron chi connectivity index (χ2n) is 1.98. The van der Waals surface area contributed by atoms with Gasteiger partial charge in [0.15, 0.2) is 0 Å². The highest BCUT2D eigenvalue weighted by Crippen LogP contribution is 1.89. The summed E-state index contributed by atoms with van der Waals surface area (Å²) >= 11 is 5.50. The van der Waals surface area contributed by atoms with Crippen molar-refractivity contribution in [1.29, 1.82) is 0 Å². The molecule has 1 atom stereocenters. The van der Waals surface area contributed by atoms with Gasteiger partial charge in [-0.3, -0.25) is 4.84 Å². The minimum absolute atomic E-state index is 0.149. The molecule has 0 aromatic carbocycles. The van der Waals surface area contributed by atoms with E-state index in [1.165, 1.54) is 0 Å². The maximum absolute atomic E-state index is 5.50. The Labute approximate surface area is 60.8 Å². The van der Waals surface area contributed by atoms with Gasteiger partial charge in [0.1, 0.15) is 5.50 Å². The molecule has 0 aromatic heterocycles. The summed E-state index contributed by atoms with van der Waals surface area (Å²) in [7, 11) is 0. The average molecular weight is 150 g/mol. The maximum Gasteiger partial charge on any atom is 0.103 e. The first kappa shape index (κ1) is 8.95. The van der Waals surface area contributed by atoms with Crippen LogP contribution in [0.2, 0.25) is 0 Å². The van der Waals surface area contributed by atoms with E-state index in [2.05, 4.69) is 12.1 Å². The van der Waals surface area contributed by atoms with E-state index < -0.39 is 0 Å². The SMILES string of the molecule is C=C(C)CONC(C)Cl. The normalized spacial score (nSPS) is 13.2. The third-order valence-electron chi connectivity index (χ3n) is 0.564. The predicted octanol–water partition coefficient (Wildman–Crippen LogP) is 1.67. The smallest absolute Gasteiger partial charge is 0.103 e.